The van der Waals surface area contributed by atoms with Crippen molar-refractivity contribution in [3.63, 3.8) is 0 Å². The molecular formula is C15H19N3S2. The molecule has 0 saturated heterocycles. The molecule has 2 heterocycles. The molecule has 0 spiro atoms. The quantitative estimate of drug-likeness (QED) is 0.896. The van der Waals surface area contributed by atoms with Crippen molar-refractivity contribution in [3.05, 3.63) is 23.7 Å². The van der Waals surface area contributed by atoms with Gasteiger partial charge in [0, 0.05) is 10.9 Å². The predicted octanol–water partition coefficient (Wildman–Crippen LogP) is 4.62. The topological polar surface area (TPSA) is 37.3 Å². The number of thiazole rings is 1. The summed E-state index contributed by atoms with van der Waals surface area (Å²) in [6.07, 6.45) is 2.48. The molecule has 3 rings (SSSR count). The summed E-state index contributed by atoms with van der Waals surface area (Å²) in [6.45, 7) is 5.50. The number of hydrogen-bond acceptors (Lipinski definition) is 5. The molecule has 0 fully saturated rings. The molecule has 0 bridgehead atoms. The number of amidine groups is 1. The third-order valence-electron chi connectivity index (χ3n) is 3.83. The SMILES string of the molecule is CCC(CC)C1CN=C(Nc2ccc3ncsc3c2)S1. The third kappa shape index (κ3) is 2.83. The van der Waals surface area contributed by atoms with Crippen molar-refractivity contribution in [2.45, 2.75) is 31.9 Å². The molecule has 20 heavy (non-hydrogen) atoms. The van der Waals surface area contributed by atoms with Crippen LogP contribution in [-0.2, 0) is 0 Å². The highest BCUT2D eigenvalue weighted by Gasteiger charge is 2.25. The van der Waals surface area contributed by atoms with E-state index in [4.69, 9.17) is 0 Å². The van der Waals surface area contributed by atoms with Crippen LogP contribution in [0, 0.1) is 5.92 Å². The molecule has 1 aromatic heterocycles. The maximum Gasteiger partial charge on any atom is 0.161 e. The van der Waals surface area contributed by atoms with E-state index in [2.05, 4.69) is 47.3 Å². The normalized spacial score (nSPS) is 18.8. The number of anilines is 1. The fourth-order valence-corrected chi connectivity index (χ4v) is 4.63. The van der Waals surface area contributed by atoms with E-state index in [0.29, 0.717) is 5.25 Å². The van der Waals surface area contributed by atoms with Gasteiger partial charge in [0.2, 0.25) is 0 Å². The smallest absolute Gasteiger partial charge is 0.161 e. The van der Waals surface area contributed by atoms with Gasteiger partial charge in [0.15, 0.2) is 5.17 Å². The van der Waals surface area contributed by atoms with Crippen LogP contribution >= 0.6 is 23.1 Å². The van der Waals surface area contributed by atoms with Gasteiger partial charge in [0.25, 0.3) is 0 Å². The molecule has 1 atom stereocenters. The molecule has 1 aromatic carbocycles. The van der Waals surface area contributed by atoms with Gasteiger partial charge in [-0.3, -0.25) is 4.99 Å². The van der Waals surface area contributed by atoms with E-state index in [1.54, 1.807) is 11.3 Å². The second-order valence-corrected chi connectivity index (χ2v) is 7.15. The van der Waals surface area contributed by atoms with Gasteiger partial charge in [-0.05, 0) is 24.1 Å². The molecule has 3 nitrogen and oxygen atoms in total. The first-order valence-electron chi connectivity index (χ1n) is 7.11. The minimum Gasteiger partial charge on any atom is -0.335 e. The summed E-state index contributed by atoms with van der Waals surface area (Å²) in [5.41, 5.74) is 4.06. The standard InChI is InChI=1S/C15H19N3S2/c1-3-10(4-2)14-8-16-15(20-14)18-11-5-6-12-13(7-11)19-9-17-12/h5-7,9-10,14H,3-4,8H2,1-2H3,(H,16,18). The molecule has 1 aliphatic heterocycles. The van der Waals surface area contributed by atoms with E-state index >= 15 is 0 Å². The zero-order valence-corrected chi connectivity index (χ0v) is 13.4. The molecule has 1 aliphatic rings. The molecule has 0 saturated carbocycles. The average Bonchev–Trinajstić information content (AvgIpc) is 3.09. The van der Waals surface area contributed by atoms with E-state index in [1.807, 2.05) is 17.3 Å². The number of thioether (sulfide) groups is 1. The zero-order valence-electron chi connectivity index (χ0n) is 11.8. The first-order valence-corrected chi connectivity index (χ1v) is 8.87. The molecular weight excluding hydrogens is 286 g/mol. The maximum absolute atomic E-state index is 4.65. The summed E-state index contributed by atoms with van der Waals surface area (Å²) in [5.74, 6) is 0.770. The Balaban J connectivity index is 1.66. The summed E-state index contributed by atoms with van der Waals surface area (Å²) in [4.78, 5) is 8.96. The highest BCUT2D eigenvalue weighted by molar-refractivity contribution is 8.15. The van der Waals surface area contributed by atoms with E-state index in [1.165, 1.54) is 17.5 Å². The largest absolute Gasteiger partial charge is 0.335 e. The van der Waals surface area contributed by atoms with Crippen LogP contribution in [0.3, 0.4) is 0 Å². The van der Waals surface area contributed by atoms with Gasteiger partial charge in [0.05, 0.1) is 22.3 Å². The fourth-order valence-electron chi connectivity index (χ4n) is 2.58. The molecule has 0 aliphatic carbocycles. The summed E-state index contributed by atoms with van der Waals surface area (Å²) in [7, 11) is 0. The van der Waals surface area contributed by atoms with Crippen molar-refractivity contribution < 1.29 is 0 Å². The van der Waals surface area contributed by atoms with Crippen LogP contribution in [0.5, 0.6) is 0 Å². The van der Waals surface area contributed by atoms with E-state index in [-0.39, 0.29) is 0 Å². The van der Waals surface area contributed by atoms with Crippen molar-refractivity contribution in [1.29, 1.82) is 0 Å². The Kier molecular flexibility index (Phi) is 4.27. The lowest BCUT2D eigenvalue weighted by molar-refractivity contribution is 0.479. The van der Waals surface area contributed by atoms with Crippen LogP contribution in [0.25, 0.3) is 10.2 Å². The van der Waals surface area contributed by atoms with Gasteiger partial charge in [0.1, 0.15) is 0 Å². The number of rotatable bonds is 4. The monoisotopic (exact) mass is 305 g/mol. The average molecular weight is 305 g/mol. The lowest BCUT2D eigenvalue weighted by Crippen LogP contribution is -2.17. The zero-order chi connectivity index (χ0) is 13.9. The van der Waals surface area contributed by atoms with Crippen LogP contribution in [0.1, 0.15) is 26.7 Å². The first-order chi connectivity index (χ1) is 9.80. The van der Waals surface area contributed by atoms with Crippen LogP contribution in [0.2, 0.25) is 0 Å². The Labute approximate surface area is 127 Å². The summed E-state index contributed by atoms with van der Waals surface area (Å²) >= 11 is 3.57. The third-order valence-corrected chi connectivity index (χ3v) is 5.92. The van der Waals surface area contributed by atoms with E-state index in [0.717, 1.165) is 28.8 Å². The maximum atomic E-state index is 4.65. The molecule has 106 valence electrons. The van der Waals surface area contributed by atoms with Gasteiger partial charge >= 0.3 is 0 Å². The Morgan fingerprint density at radius 1 is 1.35 bits per heavy atom. The van der Waals surface area contributed by atoms with E-state index < -0.39 is 0 Å². The summed E-state index contributed by atoms with van der Waals surface area (Å²) in [5, 5.41) is 5.15. The molecule has 0 amide bonds. The van der Waals surface area contributed by atoms with Crippen LogP contribution in [-0.4, -0.2) is 21.9 Å². The van der Waals surface area contributed by atoms with Crippen molar-refractivity contribution in [3.8, 4) is 0 Å². The van der Waals surface area contributed by atoms with Gasteiger partial charge in [-0.2, -0.15) is 0 Å². The van der Waals surface area contributed by atoms with Crippen molar-refractivity contribution >= 4 is 44.2 Å². The number of nitrogens with zero attached hydrogens (tertiary/aromatic N) is 2. The van der Waals surface area contributed by atoms with Crippen molar-refractivity contribution in [1.82, 2.24) is 4.98 Å². The Hall–Kier alpha value is -1.07. The molecule has 5 heteroatoms. The summed E-state index contributed by atoms with van der Waals surface area (Å²) < 4.78 is 1.22. The van der Waals surface area contributed by atoms with E-state index in [9.17, 15) is 0 Å². The molecule has 1 N–H and O–H groups in total. The van der Waals surface area contributed by atoms with Crippen LogP contribution in [0.15, 0.2) is 28.7 Å². The first kappa shape index (κ1) is 13.9. The molecule has 0 radical (unpaired) electrons. The highest BCUT2D eigenvalue weighted by atomic mass is 32.2. The number of hydrogen-bond donors (Lipinski definition) is 1. The van der Waals surface area contributed by atoms with Gasteiger partial charge in [-0.25, -0.2) is 4.98 Å². The summed E-state index contributed by atoms with van der Waals surface area (Å²) in [6, 6.07) is 6.29. The Bertz CT molecular complexity index is 616. The molecule has 1 unspecified atom stereocenters. The fraction of sp³-hybridized carbons (Fsp3) is 0.467. The second kappa shape index (κ2) is 6.14. The minimum atomic E-state index is 0.639. The highest BCUT2D eigenvalue weighted by Crippen LogP contribution is 2.32. The molecule has 2 aromatic rings. The van der Waals surface area contributed by atoms with Gasteiger partial charge < -0.3 is 5.32 Å². The Morgan fingerprint density at radius 2 is 2.20 bits per heavy atom. The second-order valence-electron chi connectivity index (χ2n) is 5.04. The number of aliphatic imine (C=N–C) groups is 1. The number of fused-ring (bicyclic) bond motifs is 1. The minimum absolute atomic E-state index is 0.639. The predicted molar refractivity (Wildman–Crippen MR) is 91.0 cm³/mol. The van der Waals surface area contributed by atoms with Crippen LogP contribution < -0.4 is 5.32 Å². The number of nitrogens with one attached hydrogen (secondary N) is 1. The van der Waals surface area contributed by atoms with Crippen LogP contribution in [0.4, 0.5) is 5.69 Å². The lowest BCUT2D eigenvalue weighted by atomic mass is 9.99. The Morgan fingerprint density at radius 3 is 3.00 bits per heavy atom. The van der Waals surface area contributed by atoms with Crippen molar-refractivity contribution in [2.24, 2.45) is 10.9 Å². The van der Waals surface area contributed by atoms with Crippen molar-refractivity contribution in [2.75, 3.05) is 11.9 Å². The number of aromatic nitrogens is 1. The van der Waals surface area contributed by atoms with Gasteiger partial charge in [-0.1, -0.05) is 38.5 Å². The van der Waals surface area contributed by atoms with Gasteiger partial charge in [-0.15, -0.1) is 11.3 Å². The number of benzene rings is 1. The lowest BCUT2D eigenvalue weighted by Gasteiger charge is -2.18.